The average Bonchev–Trinajstić information content (AvgIpc) is 2.70. The van der Waals surface area contributed by atoms with Crippen LogP contribution in [-0.4, -0.2) is 24.1 Å². The monoisotopic (exact) mass is 398 g/mol. The van der Waals surface area contributed by atoms with Gasteiger partial charge in [0.25, 0.3) is 0 Å². The van der Waals surface area contributed by atoms with Gasteiger partial charge in [-0.05, 0) is 55.5 Å². The highest BCUT2D eigenvalue weighted by molar-refractivity contribution is 5.97. The Morgan fingerprint density at radius 3 is 2.55 bits per heavy atom. The van der Waals surface area contributed by atoms with Crippen LogP contribution in [0.15, 0.2) is 36.4 Å². The van der Waals surface area contributed by atoms with Crippen molar-refractivity contribution < 1.29 is 19.4 Å². The van der Waals surface area contributed by atoms with Gasteiger partial charge in [0, 0.05) is 12.0 Å². The number of carbonyl (C=O) groups is 1. The fraction of sp³-hybridized carbons (Fsp3) is 0.480. The minimum absolute atomic E-state index is 0.0474. The van der Waals surface area contributed by atoms with Crippen LogP contribution in [0, 0.1) is 5.92 Å². The number of hydrogen-bond donors (Lipinski definition) is 1. The maximum absolute atomic E-state index is 11.7. The van der Waals surface area contributed by atoms with Crippen molar-refractivity contribution >= 4 is 5.78 Å². The fourth-order valence-electron chi connectivity index (χ4n) is 3.27. The first-order valence-electron chi connectivity index (χ1n) is 10.7. The summed E-state index contributed by atoms with van der Waals surface area (Å²) in [7, 11) is 0. The van der Waals surface area contributed by atoms with E-state index in [9.17, 15) is 9.90 Å². The number of carbonyl (C=O) groups excluding carboxylic acids is 1. The Labute approximate surface area is 174 Å². The molecule has 2 aromatic rings. The second-order valence-corrected chi connectivity index (χ2v) is 7.66. The van der Waals surface area contributed by atoms with Gasteiger partial charge in [0.1, 0.15) is 17.2 Å². The molecular formula is C25H34O4. The number of phenols is 1. The molecule has 0 heterocycles. The molecule has 0 saturated carbocycles. The van der Waals surface area contributed by atoms with Gasteiger partial charge in [-0.1, -0.05) is 45.7 Å². The number of rotatable bonds is 12. The third kappa shape index (κ3) is 6.81. The zero-order valence-corrected chi connectivity index (χ0v) is 18.2. The number of hydrogen-bond acceptors (Lipinski definition) is 4. The zero-order chi connectivity index (χ0) is 21.2. The van der Waals surface area contributed by atoms with Crippen LogP contribution >= 0.6 is 0 Å². The predicted molar refractivity (Wildman–Crippen MR) is 117 cm³/mol. The lowest BCUT2D eigenvalue weighted by Gasteiger charge is -2.15. The number of benzene rings is 2. The highest BCUT2D eigenvalue weighted by Crippen LogP contribution is 2.33. The van der Waals surface area contributed by atoms with E-state index >= 15 is 0 Å². The maximum atomic E-state index is 11.7. The molecule has 0 amide bonds. The van der Waals surface area contributed by atoms with Gasteiger partial charge in [-0.15, -0.1) is 0 Å². The Morgan fingerprint density at radius 2 is 1.86 bits per heavy atom. The number of Topliss-reactive ketones (excluding diaryl/α,β-unsaturated/α-hetero) is 1. The summed E-state index contributed by atoms with van der Waals surface area (Å²) in [6.45, 7) is 9.02. The molecule has 1 atom stereocenters. The summed E-state index contributed by atoms with van der Waals surface area (Å²) in [5.41, 5.74) is 2.36. The molecule has 0 aliphatic heterocycles. The summed E-state index contributed by atoms with van der Waals surface area (Å²) in [4.78, 5) is 11.7. The van der Waals surface area contributed by atoms with Gasteiger partial charge in [0.2, 0.25) is 0 Å². The lowest BCUT2D eigenvalue weighted by atomic mass is 9.99. The third-order valence-electron chi connectivity index (χ3n) is 5.11. The Balaban J connectivity index is 1.87. The van der Waals surface area contributed by atoms with Crippen LogP contribution in [0.2, 0.25) is 0 Å². The number of ether oxygens (including phenoxy) is 2. The minimum atomic E-state index is -0.143. The van der Waals surface area contributed by atoms with Gasteiger partial charge in [-0.25, -0.2) is 0 Å². The molecule has 0 fully saturated rings. The summed E-state index contributed by atoms with van der Waals surface area (Å²) in [6, 6.07) is 11.7. The van der Waals surface area contributed by atoms with Crippen molar-refractivity contribution in [3.8, 4) is 17.2 Å². The minimum Gasteiger partial charge on any atom is -0.507 e. The highest BCUT2D eigenvalue weighted by atomic mass is 16.5. The molecule has 0 aliphatic carbocycles. The molecule has 0 aromatic heterocycles. The first-order valence-corrected chi connectivity index (χ1v) is 10.7. The van der Waals surface area contributed by atoms with Crippen LogP contribution in [0.5, 0.6) is 17.2 Å². The molecule has 0 saturated heterocycles. The van der Waals surface area contributed by atoms with E-state index in [0.717, 1.165) is 25.0 Å². The second-order valence-electron chi connectivity index (χ2n) is 7.66. The molecule has 1 N–H and O–H groups in total. The van der Waals surface area contributed by atoms with Crippen molar-refractivity contribution in [3.63, 3.8) is 0 Å². The van der Waals surface area contributed by atoms with Crippen LogP contribution in [-0.2, 0) is 12.8 Å². The van der Waals surface area contributed by atoms with E-state index in [2.05, 4.69) is 26.0 Å². The molecule has 4 nitrogen and oxygen atoms in total. The lowest BCUT2D eigenvalue weighted by Crippen LogP contribution is -2.07. The standard InChI is InChI=1S/C25H34O4/c1-5-9-23-24(13-12-22(19(4)26)25(23)27)29-15-8-14-28-21-11-7-10-20(17-21)16-18(3)6-2/h7,10-13,17-18,27H,5-6,8-9,14-16H2,1-4H3. The van der Waals surface area contributed by atoms with Crippen LogP contribution in [0.1, 0.15) is 68.4 Å². The Hall–Kier alpha value is -2.49. The average molecular weight is 399 g/mol. The Kier molecular flexibility index (Phi) is 9.04. The fourth-order valence-corrected chi connectivity index (χ4v) is 3.27. The van der Waals surface area contributed by atoms with Crippen molar-refractivity contribution in [2.75, 3.05) is 13.2 Å². The molecular weight excluding hydrogens is 364 g/mol. The first-order chi connectivity index (χ1) is 14.0. The van der Waals surface area contributed by atoms with E-state index in [0.29, 0.717) is 42.4 Å². The smallest absolute Gasteiger partial charge is 0.163 e. The maximum Gasteiger partial charge on any atom is 0.163 e. The molecule has 1 unspecified atom stereocenters. The first kappa shape index (κ1) is 22.8. The Morgan fingerprint density at radius 1 is 1.10 bits per heavy atom. The van der Waals surface area contributed by atoms with E-state index < -0.39 is 0 Å². The van der Waals surface area contributed by atoms with E-state index in [-0.39, 0.29) is 11.5 Å². The van der Waals surface area contributed by atoms with Crippen molar-refractivity contribution in [1.29, 1.82) is 0 Å². The molecule has 2 aromatic carbocycles. The van der Waals surface area contributed by atoms with E-state index in [4.69, 9.17) is 9.47 Å². The number of ketones is 1. The topological polar surface area (TPSA) is 55.8 Å². The van der Waals surface area contributed by atoms with Gasteiger partial charge in [0.05, 0.1) is 18.8 Å². The van der Waals surface area contributed by atoms with Crippen LogP contribution in [0.25, 0.3) is 0 Å². The van der Waals surface area contributed by atoms with Gasteiger partial charge in [-0.2, -0.15) is 0 Å². The molecule has 0 bridgehead atoms. The van der Waals surface area contributed by atoms with Crippen molar-refractivity contribution in [2.45, 2.75) is 59.8 Å². The summed E-state index contributed by atoms with van der Waals surface area (Å²) >= 11 is 0. The molecule has 2 rings (SSSR count). The zero-order valence-electron chi connectivity index (χ0n) is 18.2. The van der Waals surface area contributed by atoms with Gasteiger partial charge < -0.3 is 14.6 Å². The Bertz CT molecular complexity index is 797. The molecule has 0 aliphatic rings. The molecule has 29 heavy (non-hydrogen) atoms. The number of phenolic OH excluding ortho intramolecular Hbond substituents is 1. The summed E-state index contributed by atoms with van der Waals surface area (Å²) in [5, 5.41) is 10.4. The van der Waals surface area contributed by atoms with Crippen molar-refractivity contribution in [3.05, 3.63) is 53.1 Å². The van der Waals surface area contributed by atoms with E-state index in [1.54, 1.807) is 12.1 Å². The highest BCUT2D eigenvalue weighted by Gasteiger charge is 2.15. The van der Waals surface area contributed by atoms with Crippen LogP contribution in [0.4, 0.5) is 0 Å². The summed E-state index contributed by atoms with van der Waals surface area (Å²) in [5.74, 6) is 2.11. The summed E-state index contributed by atoms with van der Waals surface area (Å²) in [6.07, 6.45) is 4.50. The second kappa shape index (κ2) is 11.5. The molecule has 0 radical (unpaired) electrons. The number of aromatic hydroxyl groups is 1. The van der Waals surface area contributed by atoms with Crippen LogP contribution < -0.4 is 9.47 Å². The normalized spacial score (nSPS) is 11.9. The van der Waals surface area contributed by atoms with Gasteiger partial charge >= 0.3 is 0 Å². The van der Waals surface area contributed by atoms with Crippen LogP contribution in [0.3, 0.4) is 0 Å². The third-order valence-corrected chi connectivity index (χ3v) is 5.11. The predicted octanol–water partition coefficient (Wildman–Crippen LogP) is 5.98. The lowest BCUT2D eigenvalue weighted by molar-refractivity contribution is 0.101. The molecule has 158 valence electrons. The van der Waals surface area contributed by atoms with E-state index in [1.807, 2.05) is 19.1 Å². The molecule has 0 spiro atoms. The van der Waals surface area contributed by atoms with Gasteiger partial charge in [0.15, 0.2) is 5.78 Å². The van der Waals surface area contributed by atoms with Crippen molar-refractivity contribution in [1.82, 2.24) is 0 Å². The van der Waals surface area contributed by atoms with Gasteiger partial charge in [-0.3, -0.25) is 4.79 Å². The molecule has 4 heteroatoms. The van der Waals surface area contributed by atoms with E-state index in [1.165, 1.54) is 18.9 Å². The largest absolute Gasteiger partial charge is 0.507 e. The summed E-state index contributed by atoms with van der Waals surface area (Å²) < 4.78 is 11.8. The SMILES string of the molecule is CCCc1c(OCCCOc2cccc(CC(C)CC)c2)ccc(C(C)=O)c1O. The van der Waals surface area contributed by atoms with Crippen molar-refractivity contribution in [2.24, 2.45) is 5.92 Å². The quantitative estimate of drug-likeness (QED) is 0.353.